The van der Waals surface area contributed by atoms with Crippen molar-refractivity contribution in [2.75, 3.05) is 13.6 Å². The molecule has 1 aromatic heterocycles. The van der Waals surface area contributed by atoms with Crippen LogP contribution in [0.1, 0.15) is 48.8 Å². The standard InChI is InChI=1S/C17H24N4O2/c1-10-7-12(19-16(23)18-10)15(22)21-11-8-17(2)13(20(3)9-11)5-4-6-14(17)21/h7,11,13-14H,4-6,8-9H2,1-3H3,(H,18,19,23)/t11-,13+,14-,17+/m0/s1. The predicted octanol–water partition coefficient (Wildman–Crippen LogP) is 1.17. The van der Waals surface area contributed by atoms with Crippen LogP contribution in [0.3, 0.4) is 0 Å². The zero-order valence-corrected chi connectivity index (χ0v) is 14.0. The molecule has 6 nitrogen and oxygen atoms in total. The van der Waals surface area contributed by atoms with Crippen LogP contribution < -0.4 is 5.69 Å². The van der Waals surface area contributed by atoms with E-state index in [9.17, 15) is 9.59 Å². The second kappa shape index (κ2) is 4.90. The van der Waals surface area contributed by atoms with E-state index < -0.39 is 5.69 Å². The number of likely N-dealkylation sites (N-methyl/N-ethyl adjacent to an activating group) is 1. The molecular weight excluding hydrogens is 292 g/mol. The second-order valence-corrected chi connectivity index (χ2v) is 7.73. The lowest BCUT2D eigenvalue weighted by molar-refractivity contribution is 0.0246. The van der Waals surface area contributed by atoms with Gasteiger partial charge in [0.1, 0.15) is 5.69 Å². The Morgan fingerprint density at radius 2 is 2.13 bits per heavy atom. The molecule has 0 spiro atoms. The van der Waals surface area contributed by atoms with Gasteiger partial charge in [-0.2, -0.15) is 4.98 Å². The highest BCUT2D eigenvalue weighted by Crippen LogP contribution is 2.54. The molecule has 3 heterocycles. The number of nitrogens with one attached hydrogen (secondary N) is 1. The number of fused-ring (bicyclic) bond motifs is 1. The molecule has 124 valence electrons. The van der Waals surface area contributed by atoms with Gasteiger partial charge in [0.05, 0.1) is 0 Å². The van der Waals surface area contributed by atoms with Crippen molar-refractivity contribution in [1.29, 1.82) is 0 Å². The molecule has 0 aromatic carbocycles. The van der Waals surface area contributed by atoms with Crippen LogP contribution in [0.5, 0.6) is 0 Å². The Balaban J connectivity index is 1.74. The van der Waals surface area contributed by atoms with E-state index in [0.717, 1.165) is 25.8 Å². The van der Waals surface area contributed by atoms with Gasteiger partial charge < -0.3 is 14.8 Å². The summed E-state index contributed by atoms with van der Waals surface area (Å²) in [7, 11) is 2.18. The topological polar surface area (TPSA) is 69.3 Å². The number of aromatic amines is 1. The number of piperidine rings is 1. The quantitative estimate of drug-likeness (QED) is 0.844. The molecule has 1 N–H and O–H groups in total. The number of nitrogens with zero attached hydrogens (tertiary/aromatic N) is 3. The van der Waals surface area contributed by atoms with Crippen molar-refractivity contribution >= 4 is 5.91 Å². The van der Waals surface area contributed by atoms with Gasteiger partial charge in [0.2, 0.25) is 0 Å². The molecular formula is C17H24N4O2. The number of aryl methyl sites for hydroxylation is 1. The minimum absolute atomic E-state index is 0.0751. The molecule has 2 bridgehead atoms. The number of aromatic nitrogens is 2. The molecule has 23 heavy (non-hydrogen) atoms. The molecule has 4 rings (SSSR count). The highest BCUT2D eigenvalue weighted by molar-refractivity contribution is 5.93. The summed E-state index contributed by atoms with van der Waals surface area (Å²) in [5.41, 5.74) is 0.690. The number of amides is 1. The number of hydrogen-bond acceptors (Lipinski definition) is 4. The first-order valence-electron chi connectivity index (χ1n) is 8.51. The summed E-state index contributed by atoms with van der Waals surface area (Å²) in [6.45, 7) is 5.05. The normalized spacial score (nSPS) is 36.3. The van der Waals surface area contributed by atoms with Crippen molar-refractivity contribution in [2.24, 2.45) is 5.41 Å². The Morgan fingerprint density at radius 1 is 1.39 bits per heavy atom. The van der Waals surface area contributed by atoms with Crippen LogP contribution in [0, 0.1) is 12.3 Å². The van der Waals surface area contributed by atoms with E-state index in [1.54, 1.807) is 13.0 Å². The Kier molecular flexibility index (Phi) is 3.17. The van der Waals surface area contributed by atoms with Crippen molar-refractivity contribution in [3.8, 4) is 0 Å². The number of H-pyrrole nitrogens is 1. The van der Waals surface area contributed by atoms with Gasteiger partial charge in [0, 0.05) is 35.8 Å². The first-order chi connectivity index (χ1) is 10.9. The van der Waals surface area contributed by atoms with Gasteiger partial charge in [0.25, 0.3) is 5.91 Å². The number of carbonyl (C=O) groups is 1. The molecule has 1 aromatic rings. The molecule has 1 saturated carbocycles. The molecule has 4 atom stereocenters. The van der Waals surface area contributed by atoms with E-state index in [2.05, 4.69) is 33.7 Å². The molecule has 1 aliphatic carbocycles. The maximum atomic E-state index is 13.1. The Hall–Kier alpha value is -1.69. The van der Waals surface area contributed by atoms with Crippen LogP contribution >= 0.6 is 0 Å². The smallest absolute Gasteiger partial charge is 0.329 e. The Morgan fingerprint density at radius 3 is 2.87 bits per heavy atom. The predicted molar refractivity (Wildman–Crippen MR) is 86.3 cm³/mol. The average molecular weight is 316 g/mol. The van der Waals surface area contributed by atoms with Crippen LogP contribution in [-0.4, -0.2) is 57.4 Å². The minimum Gasteiger partial charge on any atom is -0.329 e. The van der Waals surface area contributed by atoms with E-state index in [1.807, 2.05) is 0 Å². The number of hydrogen-bond donors (Lipinski definition) is 1. The summed E-state index contributed by atoms with van der Waals surface area (Å²) < 4.78 is 0. The van der Waals surface area contributed by atoms with Gasteiger partial charge in [-0.1, -0.05) is 6.92 Å². The van der Waals surface area contributed by atoms with E-state index in [0.29, 0.717) is 11.7 Å². The summed E-state index contributed by atoms with van der Waals surface area (Å²) in [4.78, 5) is 35.8. The van der Waals surface area contributed by atoms with Gasteiger partial charge in [0.15, 0.2) is 0 Å². The lowest BCUT2D eigenvalue weighted by atomic mass is 9.66. The summed E-state index contributed by atoms with van der Waals surface area (Å²) in [5, 5.41) is 0. The Labute approximate surface area is 135 Å². The van der Waals surface area contributed by atoms with Crippen LogP contribution in [0.15, 0.2) is 10.9 Å². The number of rotatable bonds is 1. The summed E-state index contributed by atoms with van der Waals surface area (Å²) in [5.74, 6) is -0.0751. The van der Waals surface area contributed by atoms with Gasteiger partial charge in [-0.15, -0.1) is 0 Å². The van der Waals surface area contributed by atoms with Crippen molar-refractivity contribution in [1.82, 2.24) is 19.8 Å². The monoisotopic (exact) mass is 316 g/mol. The lowest BCUT2D eigenvalue weighted by Crippen LogP contribution is -2.54. The van der Waals surface area contributed by atoms with Crippen LogP contribution in [0.4, 0.5) is 0 Å². The largest absolute Gasteiger partial charge is 0.345 e. The second-order valence-electron chi connectivity index (χ2n) is 7.73. The summed E-state index contributed by atoms with van der Waals surface area (Å²) in [6.07, 6.45) is 4.51. The highest BCUT2D eigenvalue weighted by atomic mass is 16.2. The molecule has 0 unspecified atom stereocenters. The van der Waals surface area contributed by atoms with Crippen molar-refractivity contribution in [2.45, 2.75) is 57.7 Å². The van der Waals surface area contributed by atoms with Gasteiger partial charge in [-0.25, -0.2) is 4.79 Å². The third kappa shape index (κ3) is 2.07. The van der Waals surface area contributed by atoms with E-state index >= 15 is 0 Å². The molecule has 0 radical (unpaired) electrons. The minimum atomic E-state index is -0.444. The fourth-order valence-electron chi connectivity index (χ4n) is 5.44. The van der Waals surface area contributed by atoms with Gasteiger partial charge >= 0.3 is 5.69 Å². The lowest BCUT2D eigenvalue weighted by Gasteiger charge is -2.48. The third-order valence-corrected chi connectivity index (χ3v) is 6.25. The van der Waals surface area contributed by atoms with E-state index in [-0.39, 0.29) is 29.1 Å². The first kappa shape index (κ1) is 14.9. The molecule has 2 aliphatic heterocycles. The van der Waals surface area contributed by atoms with Crippen molar-refractivity contribution < 1.29 is 4.79 Å². The zero-order chi connectivity index (χ0) is 16.4. The van der Waals surface area contributed by atoms with E-state index in [4.69, 9.17) is 0 Å². The zero-order valence-electron chi connectivity index (χ0n) is 14.0. The maximum absolute atomic E-state index is 13.1. The fourth-order valence-corrected chi connectivity index (χ4v) is 5.44. The SMILES string of the molecule is Cc1cc(C(=O)N2[C@@H]3CN(C)[C@@H]4CCC[C@H]2[C@]4(C)C3)nc(=O)[nH]1. The third-order valence-electron chi connectivity index (χ3n) is 6.25. The molecule has 2 saturated heterocycles. The Bertz CT molecular complexity index is 715. The summed E-state index contributed by atoms with van der Waals surface area (Å²) >= 11 is 0. The van der Waals surface area contributed by atoms with Crippen LogP contribution in [-0.2, 0) is 0 Å². The van der Waals surface area contributed by atoms with Crippen molar-refractivity contribution in [3.63, 3.8) is 0 Å². The maximum Gasteiger partial charge on any atom is 0.345 e. The highest BCUT2D eigenvalue weighted by Gasteiger charge is 2.60. The first-order valence-corrected chi connectivity index (χ1v) is 8.51. The van der Waals surface area contributed by atoms with Gasteiger partial charge in [-0.05, 0) is 45.7 Å². The molecule has 6 heteroatoms. The molecule has 3 aliphatic rings. The molecule has 1 amide bonds. The van der Waals surface area contributed by atoms with Crippen molar-refractivity contribution in [3.05, 3.63) is 27.9 Å². The number of carbonyl (C=O) groups excluding carboxylic acids is 1. The fraction of sp³-hybridized carbons (Fsp3) is 0.706. The molecule has 3 fully saturated rings. The summed E-state index contributed by atoms with van der Waals surface area (Å²) in [6, 6.07) is 2.76. The van der Waals surface area contributed by atoms with Crippen LogP contribution in [0.2, 0.25) is 0 Å². The van der Waals surface area contributed by atoms with E-state index in [1.165, 1.54) is 6.42 Å². The van der Waals surface area contributed by atoms with Gasteiger partial charge in [-0.3, -0.25) is 4.79 Å². The average Bonchev–Trinajstić information content (AvgIpc) is 2.75. The number of likely N-dealkylation sites (tertiary alicyclic amines) is 2. The van der Waals surface area contributed by atoms with Crippen LogP contribution in [0.25, 0.3) is 0 Å².